The van der Waals surface area contributed by atoms with Gasteiger partial charge in [0.1, 0.15) is 0 Å². The van der Waals surface area contributed by atoms with Gasteiger partial charge in [0.2, 0.25) is 0 Å². The van der Waals surface area contributed by atoms with Crippen LogP contribution in [0.15, 0.2) is 72.8 Å². The molecule has 0 saturated carbocycles. The summed E-state index contributed by atoms with van der Waals surface area (Å²) in [7, 11) is 0. The van der Waals surface area contributed by atoms with Gasteiger partial charge in [0.25, 0.3) is 0 Å². The summed E-state index contributed by atoms with van der Waals surface area (Å²) in [4.78, 5) is 4.90. The zero-order valence-corrected chi connectivity index (χ0v) is 16.3. The zero-order chi connectivity index (χ0) is 17.4. The first-order valence-electron chi connectivity index (χ1n) is 8.05. The van der Waals surface area contributed by atoms with Gasteiger partial charge in [-0.3, -0.25) is 0 Å². The van der Waals surface area contributed by atoms with E-state index in [0.717, 1.165) is 43.9 Å². The van der Waals surface area contributed by atoms with E-state index in [9.17, 15) is 0 Å². The van der Waals surface area contributed by atoms with Crippen LogP contribution in [0, 0.1) is 6.92 Å². The molecule has 1 nitrogen and oxygen atoms in total. The third-order valence-corrected chi connectivity index (χ3v) is 4.95. The lowest BCUT2D eigenvalue weighted by molar-refractivity contribution is -0.00000473. The first-order valence-corrected chi connectivity index (χ1v) is 8.81. The van der Waals surface area contributed by atoms with Crippen molar-refractivity contribution in [3.05, 3.63) is 88.4 Å². The van der Waals surface area contributed by atoms with Crippen molar-refractivity contribution in [1.82, 2.24) is 4.98 Å². The highest BCUT2D eigenvalue weighted by atomic mass is 35.5. The van der Waals surface area contributed by atoms with Crippen molar-refractivity contribution in [3.8, 4) is 22.4 Å². The molecule has 0 spiro atoms. The van der Waals surface area contributed by atoms with Crippen LogP contribution >= 0.6 is 23.2 Å². The second kappa shape index (κ2) is 7.67. The van der Waals surface area contributed by atoms with E-state index in [-0.39, 0.29) is 12.4 Å². The molecule has 0 fully saturated rings. The second-order valence-corrected chi connectivity index (χ2v) is 6.81. The number of aromatic nitrogens is 1. The van der Waals surface area contributed by atoms with Crippen molar-refractivity contribution >= 4 is 34.1 Å². The largest absolute Gasteiger partial charge is 1.00 e. The number of nitrogens with zero attached hydrogens (tertiary/aromatic N) is 1. The highest BCUT2D eigenvalue weighted by molar-refractivity contribution is 6.34. The normalized spacial score (nSPS) is 10.6. The van der Waals surface area contributed by atoms with Gasteiger partial charge in [-0.1, -0.05) is 71.7 Å². The van der Waals surface area contributed by atoms with E-state index < -0.39 is 0 Å². The number of hydrogen-bond donors (Lipinski definition) is 0. The number of fused-ring (bicyclic) bond motifs is 1. The maximum Gasteiger partial charge on any atom is 0.0745 e. The highest BCUT2D eigenvalue weighted by Crippen LogP contribution is 2.39. The summed E-state index contributed by atoms with van der Waals surface area (Å²) in [5.41, 5.74) is 6.12. The molecule has 1 heterocycles. The summed E-state index contributed by atoms with van der Waals surface area (Å²) < 4.78 is 0. The van der Waals surface area contributed by atoms with E-state index in [4.69, 9.17) is 28.2 Å². The van der Waals surface area contributed by atoms with E-state index in [2.05, 4.69) is 19.1 Å². The summed E-state index contributed by atoms with van der Waals surface area (Å²) in [6.45, 7) is 2.09. The van der Waals surface area contributed by atoms with Crippen LogP contribution in [-0.4, -0.2) is 4.98 Å². The smallest absolute Gasteiger partial charge is 0.0745 e. The van der Waals surface area contributed by atoms with Crippen LogP contribution in [0.25, 0.3) is 33.3 Å². The molecule has 4 heteroatoms. The Morgan fingerprint density at radius 3 is 2.23 bits per heavy atom. The fraction of sp³-hybridized carbons (Fsp3) is 0.0455. The van der Waals surface area contributed by atoms with Crippen LogP contribution < -0.4 is 12.4 Å². The molecule has 0 N–H and O–H groups in total. The van der Waals surface area contributed by atoms with Crippen molar-refractivity contribution in [2.75, 3.05) is 0 Å². The lowest BCUT2D eigenvalue weighted by Crippen LogP contribution is -3.00. The average Bonchev–Trinajstić information content (AvgIpc) is 2.63. The maximum absolute atomic E-state index is 6.52. The molecule has 0 radical (unpaired) electrons. The Hall–Kier alpha value is -2.06. The Bertz CT molecular complexity index is 1080. The molecular weight excluding hydrogens is 385 g/mol. The Balaban J connectivity index is 0.00000196. The molecule has 0 saturated heterocycles. The van der Waals surface area contributed by atoms with Gasteiger partial charge in [-0.15, -0.1) is 0 Å². The molecule has 0 unspecified atom stereocenters. The molecule has 0 atom stereocenters. The number of halogens is 3. The molecule has 4 rings (SSSR count). The Morgan fingerprint density at radius 2 is 1.50 bits per heavy atom. The summed E-state index contributed by atoms with van der Waals surface area (Å²) in [6, 6.07) is 23.9. The van der Waals surface area contributed by atoms with Gasteiger partial charge in [-0.05, 0) is 42.3 Å². The number of pyridine rings is 1. The van der Waals surface area contributed by atoms with Crippen molar-refractivity contribution < 1.29 is 12.4 Å². The molecule has 0 aliphatic rings. The van der Waals surface area contributed by atoms with Gasteiger partial charge in [-0.25, -0.2) is 4.98 Å². The molecule has 0 amide bonds. The van der Waals surface area contributed by atoms with Crippen molar-refractivity contribution in [3.63, 3.8) is 0 Å². The molecule has 130 valence electrons. The fourth-order valence-electron chi connectivity index (χ4n) is 3.22. The van der Waals surface area contributed by atoms with E-state index in [0.29, 0.717) is 5.02 Å². The Labute approximate surface area is 169 Å². The minimum atomic E-state index is 0. The third kappa shape index (κ3) is 3.31. The van der Waals surface area contributed by atoms with E-state index in [1.54, 1.807) is 0 Å². The van der Waals surface area contributed by atoms with Crippen LogP contribution in [-0.2, 0) is 0 Å². The summed E-state index contributed by atoms with van der Waals surface area (Å²) in [6.07, 6.45) is 0. The van der Waals surface area contributed by atoms with Gasteiger partial charge in [0, 0.05) is 26.6 Å². The number of hydrogen-bond acceptors (Lipinski definition) is 1. The average molecular weight is 400 g/mol. The molecule has 3 aromatic carbocycles. The first kappa shape index (κ1) is 18.7. The monoisotopic (exact) mass is 398 g/mol. The standard InChI is InChI=1S/C22H15Cl2N.ClH/c1-14-21(17-9-5-6-10-19(17)24)18-13-16(23)11-12-20(18)25-22(14)15-7-3-2-4-8-15;/h2-13H,1H3;1H/p-1. The minimum Gasteiger partial charge on any atom is -1.00 e. The lowest BCUT2D eigenvalue weighted by Gasteiger charge is -2.16. The molecule has 26 heavy (non-hydrogen) atoms. The van der Waals surface area contributed by atoms with Crippen LogP contribution in [0.2, 0.25) is 10.0 Å². The topological polar surface area (TPSA) is 12.9 Å². The quantitative estimate of drug-likeness (QED) is 0.492. The van der Waals surface area contributed by atoms with Crippen molar-refractivity contribution in [2.24, 2.45) is 0 Å². The molecule has 1 aromatic heterocycles. The molecule has 4 aromatic rings. The predicted molar refractivity (Wildman–Crippen MR) is 107 cm³/mol. The second-order valence-electron chi connectivity index (χ2n) is 5.97. The molecular formula is C22H15Cl3N-. The fourth-order valence-corrected chi connectivity index (χ4v) is 3.62. The highest BCUT2D eigenvalue weighted by Gasteiger charge is 2.16. The number of rotatable bonds is 2. The van der Waals surface area contributed by atoms with Gasteiger partial charge in [-0.2, -0.15) is 0 Å². The van der Waals surface area contributed by atoms with E-state index in [1.165, 1.54) is 0 Å². The molecule has 0 bridgehead atoms. The van der Waals surface area contributed by atoms with Crippen molar-refractivity contribution in [2.45, 2.75) is 6.92 Å². The van der Waals surface area contributed by atoms with Gasteiger partial charge in [0.15, 0.2) is 0 Å². The van der Waals surface area contributed by atoms with Gasteiger partial charge < -0.3 is 12.4 Å². The van der Waals surface area contributed by atoms with Crippen LogP contribution in [0.3, 0.4) is 0 Å². The number of benzene rings is 3. The Kier molecular flexibility index (Phi) is 5.52. The van der Waals surface area contributed by atoms with Crippen molar-refractivity contribution in [1.29, 1.82) is 0 Å². The van der Waals surface area contributed by atoms with Gasteiger partial charge >= 0.3 is 0 Å². The van der Waals surface area contributed by atoms with E-state index in [1.807, 2.05) is 60.7 Å². The van der Waals surface area contributed by atoms with Crippen LogP contribution in [0.4, 0.5) is 0 Å². The van der Waals surface area contributed by atoms with Crippen LogP contribution in [0.5, 0.6) is 0 Å². The first-order chi connectivity index (χ1) is 12.1. The van der Waals surface area contributed by atoms with E-state index >= 15 is 0 Å². The molecule has 0 aliphatic heterocycles. The van der Waals surface area contributed by atoms with Crippen LogP contribution in [0.1, 0.15) is 5.56 Å². The summed E-state index contributed by atoms with van der Waals surface area (Å²) in [5.74, 6) is 0. The Morgan fingerprint density at radius 1 is 0.808 bits per heavy atom. The SMILES string of the molecule is Cc1c(-c2ccccc2)nc2ccc(Cl)cc2c1-c1ccccc1Cl.[Cl-]. The lowest BCUT2D eigenvalue weighted by atomic mass is 9.93. The summed E-state index contributed by atoms with van der Waals surface area (Å²) >= 11 is 12.8. The molecule has 0 aliphatic carbocycles. The summed E-state index contributed by atoms with van der Waals surface area (Å²) in [5, 5.41) is 2.42. The third-order valence-electron chi connectivity index (χ3n) is 4.38. The zero-order valence-electron chi connectivity index (χ0n) is 14.0. The predicted octanol–water partition coefficient (Wildman–Crippen LogP) is 4.19. The minimum absolute atomic E-state index is 0. The van der Waals surface area contributed by atoms with Gasteiger partial charge in [0.05, 0.1) is 11.2 Å². The maximum atomic E-state index is 6.52.